The summed E-state index contributed by atoms with van der Waals surface area (Å²) < 4.78 is 25.7. The largest absolute Gasteiger partial charge is 0.457 e. The first-order chi connectivity index (χ1) is 25.9. The van der Waals surface area contributed by atoms with Crippen molar-refractivity contribution in [2.24, 2.45) is 5.92 Å². The standard InChI is InChI=1S/C47H51FN4O/c1-30-25-36(28-38(26-30)53-37-21-22-40-39-19-10-11-20-41(39)51(42(40)29-37)43-27-35(48)23-24-49-43)52-47(34-17-8-5-9-18-34)45(44-31(2)13-12-14-32(44)3)46(50-52)33-15-6-4-7-16-33/h10-11,13,19-29,32-34,44H,4-9,12,14-18H2,1-3H3/t32-,44+/m0/s1. The summed E-state index contributed by atoms with van der Waals surface area (Å²) in [6, 6.07) is 23.9. The van der Waals surface area contributed by atoms with Gasteiger partial charge in [0.25, 0.3) is 0 Å². The van der Waals surface area contributed by atoms with Gasteiger partial charge in [-0.15, -0.1) is 0 Å². The van der Waals surface area contributed by atoms with Gasteiger partial charge in [-0.05, 0) is 100 Å². The minimum atomic E-state index is -0.314. The van der Waals surface area contributed by atoms with E-state index in [0.717, 1.165) is 44.6 Å². The third-order valence-corrected chi connectivity index (χ3v) is 12.5. The van der Waals surface area contributed by atoms with Crippen LogP contribution in [-0.4, -0.2) is 19.3 Å². The van der Waals surface area contributed by atoms with Crippen LogP contribution in [0, 0.1) is 18.7 Å². The van der Waals surface area contributed by atoms with Gasteiger partial charge in [-0.1, -0.05) is 75.3 Å². The molecule has 0 saturated heterocycles. The lowest BCUT2D eigenvalue weighted by Gasteiger charge is -2.33. The third-order valence-electron chi connectivity index (χ3n) is 12.5. The summed E-state index contributed by atoms with van der Waals surface area (Å²) in [5.74, 6) is 3.81. The number of benzene rings is 3. The second-order valence-corrected chi connectivity index (χ2v) is 16.2. The van der Waals surface area contributed by atoms with E-state index in [2.05, 4.69) is 79.0 Å². The highest BCUT2D eigenvalue weighted by Crippen LogP contribution is 2.49. The Balaban J connectivity index is 1.17. The van der Waals surface area contributed by atoms with E-state index in [-0.39, 0.29) is 5.82 Å². The van der Waals surface area contributed by atoms with Crippen LogP contribution < -0.4 is 4.74 Å². The van der Waals surface area contributed by atoms with Crippen molar-refractivity contribution in [3.63, 3.8) is 0 Å². The normalized spacial score (nSPS) is 20.3. The van der Waals surface area contributed by atoms with Gasteiger partial charge in [0.1, 0.15) is 23.1 Å². The molecule has 0 amide bonds. The van der Waals surface area contributed by atoms with Gasteiger partial charge in [0.2, 0.25) is 0 Å². The number of pyridine rings is 1. The SMILES string of the molecule is CC1=CCC[C@H](C)[C@@H]1c1c(C2CCCCC2)nn(-c2cc(C)cc(Oc3ccc4c5ccccc5n(-c5cc(F)ccn5)c4c3)c2)c1C1CCCCC1. The average molecular weight is 707 g/mol. The lowest BCUT2D eigenvalue weighted by atomic mass is 9.71. The van der Waals surface area contributed by atoms with Crippen LogP contribution in [0.1, 0.15) is 131 Å². The number of halogens is 1. The molecular weight excluding hydrogens is 656 g/mol. The molecule has 2 fully saturated rings. The van der Waals surface area contributed by atoms with Gasteiger partial charge in [0.15, 0.2) is 0 Å². The predicted octanol–water partition coefficient (Wildman–Crippen LogP) is 13.2. The molecule has 53 heavy (non-hydrogen) atoms. The van der Waals surface area contributed by atoms with E-state index in [1.165, 1.54) is 112 Å². The summed E-state index contributed by atoms with van der Waals surface area (Å²) in [5, 5.41) is 7.89. The number of para-hydroxylation sites is 1. The number of rotatable bonds is 7. The molecular formula is C47H51FN4O. The van der Waals surface area contributed by atoms with Gasteiger partial charge in [-0.2, -0.15) is 5.10 Å². The van der Waals surface area contributed by atoms with Crippen molar-refractivity contribution in [3.8, 4) is 23.0 Å². The number of ether oxygens (including phenoxy) is 1. The fourth-order valence-corrected chi connectivity index (χ4v) is 10.1. The zero-order chi connectivity index (χ0) is 36.1. The average Bonchev–Trinajstić information content (AvgIpc) is 3.72. The highest BCUT2D eigenvalue weighted by molar-refractivity contribution is 6.09. The second-order valence-electron chi connectivity index (χ2n) is 16.2. The molecule has 9 rings (SSSR count). The van der Waals surface area contributed by atoms with Crippen LogP contribution in [0.25, 0.3) is 33.3 Å². The van der Waals surface area contributed by atoms with Gasteiger partial charge in [0.05, 0.1) is 28.1 Å². The molecule has 3 aromatic heterocycles. The summed E-state index contributed by atoms with van der Waals surface area (Å²) in [6.07, 6.45) is 19.2. The topological polar surface area (TPSA) is 44.9 Å². The molecule has 0 spiro atoms. The van der Waals surface area contributed by atoms with Crippen LogP contribution in [0.2, 0.25) is 0 Å². The summed E-state index contributed by atoms with van der Waals surface area (Å²) in [6.45, 7) is 7.02. The predicted molar refractivity (Wildman–Crippen MR) is 213 cm³/mol. The molecule has 272 valence electrons. The van der Waals surface area contributed by atoms with Crippen molar-refractivity contribution < 1.29 is 9.13 Å². The van der Waals surface area contributed by atoms with Crippen LogP contribution >= 0.6 is 0 Å². The Morgan fingerprint density at radius 2 is 1.49 bits per heavy atom. The monoisotopic (exact) mass is 706 g/mol. The summed E-state index contributed by atoms with van der Waals surface area (Å²) >= 11 is 0. The van der Waals surface area contributed by atoms with E-state index >= 15 is 0 Å². The third kappa shape index (κ3) is 6.38. The first kappa shape index (κ1) is 34.1. The molecule has 6 aromatic rings. The van der Waals surface area contributed by atoms with Crippen LogP contribution in [-0.2, 0) is 0 Å². The van der Waals surface area contributed by atoms with E-state index < -0.39 is 0 Å². The van der Waals surface area contributed by atoms with Crippen molar-refractivity contribution >= 4 is 21.8 Å². The van der Waals surface area contributed by atoms with Gasteiger partial charge in [0, 0.05) is 58.5 Å². The lowest BCUT2D eigenvalue weighted by Crippen LogP contribution is -2.21. The van der Waals surface area contributed by atoms with Crippen molar-refractivity contribution in [1.29, 1.82) is 0 Å². The van der Waals surface area contributed by atoms with E-state index in [4.69, 9.17) is 9.84 Å². The minimum absolute atomic E-state index is 0.314. The number of hydrogen-bond acceptors (Lipinski definition) is 3. The first-order valence-electron chi connectivity index (χ1n) is 20.2. The molecule has 3 aromatic carbocycles. The molecule has 3 heterocycles. The summed E-state index contributed by atoms with van der Waals surface area (Å²) in [7, 11) is 0. The van der Waals surface area contributed by atoms with Crippen molar-refractivity contribution in [1.82, 2.24) is 19.3 Å². The fourth-order valence-electron chi connectivity index (χ4n) is 10.1. The summed E-state index contributed by atoms with van der Waals surface area (Å²) in [4.78, 5) is 4.55. The number of allylic oxidation sites excluding steroid dienone is 2. The molecule has 6 heteroatoms. The zero-order valence-electron chi connectivity index (χ0n) is 31.5. The fraction of sp³-hybridized carbons (Fsp3) is 0.404. The highest BCUT2D eigenvalue weighted by atomic mass is 19.1. The molecule has 0 bridgehead atoms. The number of fused-ring (bicyclic) bond motifs is 3. The maximum atomic E-state index is 14.5. The number of aryl methyl sites for hydroxylation is 1. The van der Waals surface area contributed by atoms with Crippen LogP contribution in [0.15, 0.2) is 90.6 Å². The van der Waals surface area contributed by atoms with Gasteiger partial charge >= 0.3 is 0 Å². The minimum Gasteiger partial charge on any atom is -0.457 e. The van der Waals surface area contributed by atoms with Crippen molar-refractivity contribution in [2.75, 3.05) is 0 Å². The number of nitrogens with zero attached hydrogens (tertiary/aromatic N) is 4. The lowest BCUT2D eigenvalue weighted by molar-refractivity contribution is 0.406. The Kier molecular flexibility index (Phi) is 9.17. The molecule has 3 aliphatic carbocycles. The molecule has 0 aliphatic heterocycles. The maximum absolute atomic E-state index is 14.5. The molecule has 0 radical (unpaired) electrons. The molecule has 0 unspecified atom stereocenters. The Morgan fingerprint density at radius 3 is 2.26 bits per heavy atom. The van der Waals surface area contributed by atoms with Crippen molar-refractivity contribution in [3.05, 3.63) is 119 Å². The van der Waals surface area contributed by atoms with Gasteiger partial charge < -0.3 is 4.74 Å². The zero-order valence-corrected chi connectivity index (χ0v) is 31.5. The Bertz CT molecular complexity index is 2320. The molecule has 3 aliphatic rings. The van der Waals surface area contributed by atoms with Gasteiger partial charge in [-0.25, -0.2) is 14.1 Å². The summed E-state index contributed by atoms with van der Waals surface area (Å²) in [5.41, 5.74) is 10.1. The Labute approximate surface area is 312 Å². The van der Waals surface area contributed by atoms with Crippen LogP contribution in [0.3, 0.4) is 0 Å². The number of hydrogen-bond donors (Lipinski definition) is 0. The maximum Gasteiger partial charge on any atom is 0.140 e. The molecule has 2 saturated carbocycles. The van der Waals surface area contributed by atoms with Crippen LogP contribution in [0.4, 0.5) is 4.39 Å². The second kappa shape index (κ2) is 14.3. The Morgan fingerprint density at radius 1 is 0.736 bits per heavy atom. The van der Waals surface area contributed by atoms with E-state index in [9.17, 15) is 4.39 Å². The molecule has 2 atom stereocenters. The number of aromatic nitrogens is 4. The van der Waals surface area contributed by atoms with Crippen molar-refractivity contribution in [2.45, 2.75) is 116 Å². The van der Waals surface area contributed by atoms with E-state index in [0.29, 0.717) is 29.5 Å². The molecule has 0 N–H and O–H groups in total. The van der Waals surface area contributed by atoms with E-state index in [1.807, 2.05) is 22.8 Å². The quantitative estimate of drug-likeness (QED) is 0.155. The highest BCUT2D eigenvalue weighted by Gasteiger charge is 2.37. The molecule has 5 nitrogen and oxygen atoms in total. The first-order valence-corrected chi connectivity index (χ1v) is 20.2. The Hall–Kier alpha value is -4.71. The smallest absolute Gasteiger partial charge is 0.140 e. The van der Waals surface area contributed by atoms with Gasteiger partial charge in [-0.3, -0.25) is 4.57 Å². The van der Waals surface area contributed by atoms with Crippen LogP contribution in [0.5, 0.6) is 11.5 Å². The van der Waals surface area contributed by atoms with E-state index in [1.54, 1.807) is 5.56 Å².